The number of hydrogen-bond acceptors (Lipinski definition) is 9. The van der Waals surface area contributed by atoms with E-state index in [0.717, 1.165) is 5.56 Å². The molecule has 0 aliphatic heterocycles. The maximum atomic E-state index is 13.4. The Morgan fingerprint density at radius 3 is 1.76 bits per heavy atom. The lowest BCUT2D eigenvalue weighted by molar-refractivity contribution is -0.125. The summed E-state index contributed by atoms with van der Waals surface area (Å²) in [5, 5.41) is 25.6. The number of ketones is 3. The zero-order valence-corrected chi connectivity index (χ0v) is 32.6. The largest absolute Gasteiger partial charge is 0.504 e. The number of benzene rings is 5. The molecular weight excluding hydrogens is 755 g/mol. The Morgan fingerprint density at radius 1 is 0.644 bits per heavy atom. The third kappa shape index (κ3) is 11.6. The predicted molar refractivity (Wildman–Crippen MR) is 219 cm³/mol. The minimum Gasteiger partial charge on any atom is -0.504 e. The second-order valence-corrected chi connectivity index (χ2v) is 14.3. The maximum Gasteiger partial charge on any atom is 0.335 e. The fourth-order valence-corrected chi connectivity index (χ4v) is 6.10. The van der Waals surface area contributed by atoms with E-state index < -0.39 is 53.7 Å². The number of carboxylic acid groups (broad SMARTS) is 1. The summed E-state index contributed by atoms with van der Waals surface area (Å²) < 4.78 is 5.87. The van der Waals surface area contributed by atoms with Gasteiger partial charge in [0, 0.05) is 47.2 Å². The molecule has 0 spiro atoms. The van der Waals surface area contributed by atoms with Gasteiger partial charge in [0.15, 0.2) is 28.8 Å². The number of carboxylic acids is 1. The number of anilines is 1. The molecule has 302 valence electrons. The standard InChI is InChI=1S/C46H43N3O10/c1-26(2)59-43-34(18-21-36(42(43)54)39(51)22-28-8-14-33(15-9-28)46(57)58)24-38(50)30-12-6-29(7-13-30)23-40(52)37(25-41(47)53)49-45(56)32-16-19-35(20-17-32)48-44(55)31-10-4-27(3)5-11-31/h4-21,26,37,54H,22-25H2,1-3H3,(H2,47,53)(H,48,55)(H,49,56)(H,57,58)/t37-/m0/s1. The lowest BCUT2D eigenvalue weighted by Crippen LogP contribution is -2.44. The van der Waals surface area contributed by atoms with Gasteiger partial charge in [-0.1, -0.05) is 60.2 Å². The second-order valence-electron chi connectivity index (χ2n) is 14.3. The van der Waals surface area contributed by atoms with Crippen LogP contribution in [0.1, 0.15) is 94.3 Å². The molecular formula is C46H43N3O10. The number of aromatic carboxylic acids is 1. The van der Waals surface area contributed by atoms with Crippen molar-refractivity contribution in [2.45, 2.75) is 58.6 Å². The van der Waals surface area contributed by atoms with Gasteiger partial charge in [0.1, 0.15) is 0 Å². The zero-order valence-electron chi connectivity index (χ0n) is 32.6. The summed E-state index contributed by atoms with van der Waals surface area (Å²) in [4.78, 5) is 88.7. The van der Waals surface area contributed by atoms with Gasteiger partial charge >= 0.3 is 5.97 Å². The normalized spacial score (nSPS) is 11.3. The van der Waals surface area contributed by atoms with E-state index in [4.69, 9.17) is 15.6 Å². The molecule has 6 N–H and O–H groups in total. The van der Waals surface area contributed by atoms with Gasteiger partial charge in [-0.3, -0.25) is 28.8 Å². The van der Waals surface area contributed by atoms with E-state index >= 15 is 0 Å². The van der Waals surface area contributed by atoms with Gasteiger partial charge in [-0.25, -0.2) is 4.79 Å². The number of phenols is 1. The highest BCUT2D eigenvalue weighted by molar-refractivity contribution is 6.05. The van der Waals surface area contributed by atoms with Gasteiger partial charge in [0.2, 0.25) is 5.91 Å². The molecule has 0 unspecified atom stereocenters. The number of amides is 3. The number of nitrogens with two attached hydrogens (primary N) is 1. The van der Waals surface area contributed by atoms with Crippen molar-refractivity contribution in [1.82, 2.24) is 5.32 Å². The van der Waals surface area contributed by atoms with Crippen molar-refractivity contribution in [3.8, 4) is 11.5 Å². The van der Waals surface area contributed by atoms with Gasteiger partial charge in [0.05, 0.1) is 29.7 Å². The van der Waals surface area contributed by atoms with Crippen LogP contribution in [0.4, 0.5) is 5.69 Å². The van der Waals surface area contributed by atoms with E-state index in [1.54, 1.807) is 50.2 Å². The highest BCUT2D eigenvalue weighted by Gasteiger charge is 2.25. The molecule has 0 aromatic heterocycles. The number of aryl methyl sites for hydroxylation is 1. The number of hydrogen-bond donors (Lipinski definition) is 5. The van der Waals surface area contributed by atoms with Gasteiger partial charge < -0.3 is 31.3 Å². The number of primary amides is 1. The average Bonchev–Trinajstić information content (AvgIpc) is 3.19. The van der Waals surface area contributed by atoms with Gasteiger partial charge in [0.25, 0.3) is 11.8 Å². The maximum absolute atomic E-state index is 13.4. The molecule has 5 aromatic rings. The SMILES string of the molecule is Cc1ccc(C(=O)Nc2ccc(C(=O)N[C@@H](CC(N)=O)C(=O)Cc3ccc(C(=O)Cc4ccc(C(=O)Cc5ccc(C(=O)O)cc5)c(O)c4OC(C)C)cc3)cc2)cc1. The van der Waals surface area contributed by atoms with Crippen molar-refractivity contribution in [2.75, 3.05) is 5.32 Å². The molecule has 0 aliphatic rings. The summed E-state index contributed by atoms with van der Waals surface area (Å²) >= 11 is 0. The van der Waals surface area contributed by atoms with Crippen molar-refractivity contribution in [1.29, 1.82) is 0 Å². The van der Waals surface area contributed by atoms with E-state index in [2.05, 4.69) is 10.6 Å². The second kappa shape index (κ2) is 19.2. The van der Waals surface area contributed by atoms with Crippen LogP contribution in [-0.4, -0.2) is 63.4 Å². The summed E-state index contributed by atoms with van der Waals surface area (Å²) in [7, 11) is 0. The summed E-state index contributed by atoms with van der Waals surface area (Å²) in [6.45, 7) is 5.38. The van der Waals surface area contributed by atoms with Crippen LogP contribution in [0.15, 0.2) is 109 Å². The molecule has 0 fully saturated rings. The Bertz CT molecular complexity index is 2390. The highest BCUT2D eigenvalue weighted by Crippen LogP contribution is 2.36. The number of phenolic OH excluding ortho intramolecular Hbond substituents is 1. The van der Waals surface area contributed by atoms with Gasteiger partial charge in [-0.2, -0.15) is 0 Å². The first-order valence-corrected chi connectivity index (χ1v) is 18.7. The third-order valence-electron chi connectivity index (χ3n) is 9.26. The van der Waals surface area contributed by atoms with Crippen LogP contribution in [0.2, 0.25) is 0 Å². The number of carbonyl (C=O) groups is 7. The Morgan fingerprint density at radius 2 is 1.19 bits per heavy atom. The molecule has 13 nitrogen and oxygen atoms in total. The number of nitrogens with one attached hydrogen (secondary N) is 2. The Kier molecular flexibility index (Phi) is 13.9. The molecule has 0 saturated heterocycles. The lowest BCUT2D eigenvalue weighted by atomic mass is 9.95. The first kappa shape index (κ1) is 42.7. The summed E-state index contributed by atoms with van der Waals surface area (Å²) in [5.41, 5.74) is 9.28. The predicted octanol–water partition coefficient (Wildman–Crippen LogP) is 6.07. The number of carbonyl (C=O) groups excluding carboxylic acids is 6. The van der Waals surface area contributed by atoms with Crippen LogP contribution in [0.3, 0.4) is 0 Å². The Hall–Kier alpha value is -7.41. The molecule has 1 atom stereocenters. The number of aromatic hydroxyl groups is 1. The molecule has 0 radical (unpaired) electrons. The fraction of sp³-hybridized carbons (Fsp3) is 0.196. The van der Waals surface area contributed by atoms with Crippen LogP contribution in [0, 0.1) is 6.92 Å². The summed E-state index contributed by atoms with van der Waals surface area (Å²) in [6.07, 6.45) is -1.33. The van der Waals surface area contributed by atoms with E-state index in [1.165, 1.54) is 60.7 Å². The van der Waals surface area contributed by atoms with Crippen molar-refractivity contribution in [2.24, 2.45) is 5.73 Å². The molecule has 59 heavy (non-hydrogen) atoms. The van der Waals surface area contributed by atoms with Crippen LogP contribution in [-0.2, 0) is 28.9 Å². The molecule has 5 rings (SSSR count). The number of rotatable bonds is 18. The Balaban J connectivity index is 1.22. The molecule has 5 aromatic carbocycles. The average molecular weight is 798 g/mol. The molecule has 3 amide bonds. The van der Waals surface area contributed by atoms with Crippen LogP contribution in [0.5, 0.6) is 11.5 Å². The van der Waals surface area contributed by atoms with Crippen molar-refractivity contribution < 1.29 is 48.5 Å². The topological polar surface area (TPSA) is 219 Å². The molecule has 0 aliphatic carbocycles. The van der Waals surface area contributed by atoms with E-state index in [1.807, 2.05) is 19.1 Å². The molecule has 0 saturated carbocycles. The van der Waals surface area contributed by atoms with Crippen molar-refractivity contribution >= 4 is 46.7 Å². The van der Waals surface area contributed by atoms with Crippen LogP contribution < -0.4 is 21.1 Å². The lowest BCUT2D eigenvalue weighted by Gasteiger charge is -2.18. The van der Waals surface area contributed by atoms with E-state index in [0.29, 0.717) is 33.5 Å². The van der Waals surface area contributed by atoms with Gasteiger partial charge in [-0.15, -0.1) is 0 Å². The quantitative estimate of drug-likeness (QED) is 0.0644. The smallest absolute Gasteiger partial charge is 0.335 e. The van der Waals surface area contributed by atoms with Crippen LogP contribution in [0.25, 0.3) is 0 Å². The minimum absolute atomic E-state index is 0.00833. The zero-order chi connectivity index (χ0) is 42.8. The Labute approximate surface area is 340 Å². The molecule has 0 bridgehead atoms. The molecule has 0 heterocycles. The first-order valence-electron chi connectivity index (χ1n) is 18.7. The van der Waals surface area contributed by atoms with E-state index in [-0.39, 0.29) is 53.4 Å². The first-order chi connectivity index (χ1) is 28.1. The van der Waals surface area contributed by atoms with E-state index in [9.17, 15) is 38.7 Å². The summed E-state index contributed by atoms with van der Waals surface area (Å²) in [6, 6.07) is 26.8. The van der Waals surface area contributed by atoms with Gasteiger partial charge in [-0.05, 0) is 86.5 Å². The highest BCUT2D eigenvalue weighted by atomic mass is 16.5. The minimum atomic E-state index is -1.23. The van der Waals surface area contributed by atoms with Crippen LogP contribution >= 0.6 is 0 Å². The fourth-order valence-electron chi connectivity index (χ4n) is 6.10. The summed E-state index contributed by atoms with van der Waals surface area (Å²) in [5.74, 6) is -4.52. The van der Waals surface area contributed by atoms with Crippen molar-refractivity contribution in [3.05, 3.63) is 159 Å². The molecule has 13 heteroatoms. The third-order valence-corrected chi connectivity index (χ3v) is 9.26. The number of ether oxygens (including phenoxy) is 1. The van der Waals surface area contributed by atoms with Crippen molar-refractivity contribution in [3.63, 3.8) is 0 Å². The monoisotopic (exact) mass is 797 g/mol. The number of Topliss-reactive ketones (excluding diaryl/α,β-unsaturated/α-hetero) is 3.